The Hall–Kier alpha value is -3.51. The molecule has 1 aliphatic carbocycles. The molecule has 1 atom stereocenters. The van der Waals surface area contributed by atoms with Gasteiger partial charge >= 0.3 is 0 Å². The molecule has 2 heterocycles. The zero-order valence-corrected chi connectivity index (χ0v) is 16.7. The minimum Gasteiger partial charge on any atom is -0.336 e. The van der Waals surface area contributed by atoms with Crippen LogP contribution in [0.4, 0.5) is 16.0 Å². The molecule has 1 aromatic carbocycles. The van der Waals surface area contributed by atoms with Crippen LogP contribution in [-0.2, 0) is 0 Å². The second-order valence-corrected chi connectivity index (χ2v) is 7.38. The highest BCUT2D eigenvalue weighted by molar-refractivity contribution is 6.32. The Morgan fingerprint density at radius 3 is 2.90 bits per heavy atom. The number of nitrogens with one attached hydrogen (secondary N) is 2. The van der Waals surface area contributed by atoms with E-state index in [0.717, 1.165) is 18.5 Å². The predicted octanol–water partition coefficient (Wildman–Crippen LogP) is 3.85. The summed E-state index contributed by atoms with van der Waals surface area (Å²) in [5, 5.41) is 18.8. The van der Waals surface area contributed by atoms with Gasteiger partial charge in [-0.2, -0.15) is 10.4 Å². The average molecular weight is 426 g/mol. The van der Waals surface area contributed by atoms with Crippen LogP contribution in [0.25, 0.3) is 11.3 Å². The van der Waals surface area contributed by atoms with Gasteiger partial charge in [0.1, 0.15) is 11.9 Å². The number of nitrogens with zero attached hydrogens (tertiary/aromatic N) is 5. The molecule has 0 radical (unpaired) electrons. The fraction of sp³-hybridized carbons (Fsp3) is 0.250. The molecule has 1 unspecified atom stereocenters. The lowest BCUT2D eigenvalue weighted by Gasteiger charge is -2.10. The fourth-order valence-corrected chi connectivity index (χ4v) is 3.05. The first-order valence-corrected chi connectivity index (χ1v) is 9.66. The van der Waals surface area contributed by atoms with E-state index in [1.54, 1.807) is 6.20 Å². The summed E-state index contributed by atoms with van der Waals surface area (Å²) in [6.07, 6.45) is 7.23. The van der Waals surface area contributed by atoms with Gasteiger partial charge in [-0.25, -0.2) is 14.4 Å². The molecule has 152 valence electrons. The van der Waals surface area contributed by atoms with E-state index >= 15 is 0 Å². The Morgan fingerprint density at radius 1 is 1.40 bits per heavy atom. The van der Waals surface area contributed by atoms with E-state index in [9.17, 15) is 9.18 Å². The van der Waals surface area contributed by atoms with Crippen molar-refractivity contribution in [3.05, 3.63) is 53.2 Å². The van der Waals surface area contributed by atoms with Crippen molar-refractivity contribution in [3.63, 3.8) is 0 Å². The monoisotopic (exact) mass is 425 g/mol. The van der Waals surface area contributed by atoms with Gasteiger partial charge in [-0.3, -0.25) is 9.48 Å². The molecule has 1 fully saturated rings. The number of hydrogen-bond donors (Lipinski definition) is 2. The maximum absolute atomic E-state index is 14.5. The van der Waals surface area contributed by atoms with Crippen LogP contribution in [0.15, 0.2) is 36.8 Å². The molecule has 8 nitrogen and oxygen atoms in total. The number of aromatic nitrogens is 4. The first kappa shape index (κ1) is 19.8. The van der Waals surface area contributed by atoms with Crippen LogP contribution in [0.3, 0.4) is 0 Å². The number of nitriles is 1. The summed E-state index contributed by atoms with van der Waals surface area (Å²) in [4.78, 5) is 20.6. The Kier molecular flexibility index (Phi) is 5.33. The Morgan fingerprint density at radius 2 is 2.20 bits per heavy atom. The summed E-state index contributed by atoms with van der Waals surface area (Å²) < 4.78 is 16.4. The zero-order chi connectivity index (χ0) is 21.3. The van der Waals surface area contributed by atoms with Crippen molar-refractivity contribution in [3.8, 4) is 17.3 Å². The minimum absolute atomic E-state index is 0.170. The number of carbonyl (C=O) groups excluding carboxylic acids is 1. The Balaban J connectivity index is 1.57. The fourth-order valence-electron chi connectivity index (χ4n) is 2.85. The summed E-state index contributed by atoms with van der Waals surface area (Å²) in [6, 6.07) is 5.63. The molecule has 0 saturated heterocycles. The third kappa shape index (κ3) is 4.23. The highest BCUT2D eigenvalue weighted by Gasteiger charge is 2.24. The van der Waals surface area contributed by atoms with Crippen LogP contribution in [0, 0.1) is 17.1 Å². The molecule has 3 aromatic rings. The van der Waals surface area contributed by atoms with Crippen molar-refractivity contribution in [1.82, 2.24) is 25.1 Å². The summed E-state index contributed by atoms with van der Waals surface area (Å²) in [5.41, 5.74) is 1.28. The summed E-state index contributed by atoms with van der Waals surface area (Å²) in [5.74, 6) is -1.13. The minimum atomic E-state index is -0.745. The van der Waals surface area contributed by atoms with Crippen molar-refractivity contribution in [2.75, 3.05) is 5.32 Å². The highest BCUT2D eigenvalue weighted by atomic mass is 35.5. The van der Waals surface area contributed by atoms with Gasteiger partial charge in [-0.1, -0.05) is 17.7 Å². The van der Waals surface area contributed by atoms with Gasteiger partial charge in [0, 0.05) is 11.8 Å². The number of halogens is 2. The van der Waals surface area contributed by atoms with Crippen LogP contribution < -0.4 is 10.6 Å². The first-order chi connectivity index (χ1) is 14.4. The van der Waals surface area contributed by atoms with Crippen molar-refractivity contribution in [1.29, 1.82) is 5.26 Å². The van der Waals surface area contributed by atoms with E-state index in [0.29, 0.717) is 17.3 Å². The Labute approximate surface area is 176 Å². The van der Waals surface area contributed by atoms with Crippen molar-refractivity contribution in [2.45, 2.75) is 31.8 Å². The molecule has 1 amide bonds. The number of hydrogen-bond acceptors (Lipinski definition) is 6. The second-order valence-electron chi connectivity index (χ2n) is 6.97. The average Bonchev–Trinajstić information content (AvgIpc) is 3.48. The van der Waals surface area contributed by atoms with Gasteiger partial charge < -0.3 is 10.6 Å². The second kappa shape index (κ2) is 8.08. The standard InChI is InChI=1S/C20H17ClFN7O/c1-11(7-23)26-19(30)15-5-2-12(6-17(15)22)18-16(21)9-24-20(28-18)27-13-8-25-29(10-13)14-3-4-14/h2,5-6,8-11,14H,3-4H2,1H3,(H,26,30)(H,24,27,28). The zero-order valence-electron chi connectivity index (χ0n) is 15.9. The van der Waals surface area contributed by atoms with Gasteiger partial charge in [0.25, 0.3) is 5.91 Å². The molecular weight excluding hydrogens is 409 g/mol. The maximum atomic E-state index is 14.5. The number of anilines is 2. The molecule has 2 N–H and O–H groups in total. The van der Waals surface area contributed by atoms with Crippen LogP contribution in [0.5, 0.6) is 0 Å². The quantitative estimate of drug-likeness (QED) is 0.620. The van der Waals surface area contributed by atoms with E-state index in [4.69, 9.17) is 16.9 Å². The molecule has 10 heteroatoms. The maximum Gasteiger partial charge on any atom is 0.255 e. The predicted molar refractivity (Wildman–Crippen MR) is 109 cm³/mol. The summed E-state index contributed by atoms with van der Waals surface area (Å²) >= 11 is 6.22. The number of benzene rings is 1. The molecule has 4 rings (SSSR count). The molecule has 0 bridgehead atoms. The van der Waals surface area contributed by atoms with Crippen LogP contribution in [0.2, 0.25) is 5.02 Å². The molecule has 1 aliphatic rings. The summed E-state index contributed by atoms with van der Waals surface area (Å²) in [6.45, 7) is 1.51. The van der Waals surface area contributed by atoms with Crippen LogP contribution >= 0.6 is 11.6 Å². The molecule has 2 aromatic heterocycles. The number of rotatable bonds is 6. The van der Waals surface area contributed by atoms with E-state index in [-0.39, 0.29) is 16.5 Å². The van der Waals surface area contributed by atoms with Crippen molar-refractivity contribution >= 4 is 29.1 Å². The normalized spacial score (nSPS) is 14.1. The van der Waals surface area contributed by atoms with Gasteiger partial charge in [-0.05, 0) is 31.9 Å². The van der Waals surface area contributed by atoms with E-state index in [1.807, 2.05) is 16.9 Å². The Bertz CT molecular complexity index is 1150. The third-order valence-electron chi connectivity index (χ3n) is 4.55. The lowest BCUT2D eigenvalue weighted by atomic mass is 10.1. The van der Waals surface area contributed by atoms with E-state index in [2.05, 4.69) is 25.7 Å². The number of carbonyl (C=O) groups is 1. The van der Waals surface area contributed by atoms with E-state index in [1.165, 1.54) is 31.3 Å². The lowest BCUT2D eigenvalue weighted by Crippen LogP contribution is -2.31. The summed E-state index contributed by atoms with van der Waals surface area (Å²) in [7, 11) is 0. The highest BCUT2D eigenvalue weighted by Crippen LogP contribution is 2.35. The lowest BCUT2D eigenvalue weighted by molar-refractivity contribution is 0.0944. The van der Waals surface area contributed by atoms with Crippen molar-refractivity contribution < 1.29 is 9.18 Å². The van der Waals surface area contributed by atoms with Crippen molar-refractivity contribution in [2.24, 2.45) is 0 Å². The van der Waals surface area contributed by atoms with E-state index < -0.39 is 17.8 Å². The number of amides is 1. The third-order valence-corrected chi connectivity index (χ3v) is 4.83. The van der Waals surface area contributed by atoms with Gasteiger partial charge in [0.2, 0.25) is 5.95 Å². The van der Waals surface area contributed by atoms with Gasteiger partial charge in [0.15, 0.2) is 0 Å². The molecule has 30 heavy (non-hydrogen) atoms. The molecule has 0 aliphatic heterocycles. The van der Waals surface area contributed by atoms with Gasteiger partial charge in [0.05, 0.1) is 46.5 Å². The topological polar surface area (TPSA) is 109 Å². The van der Waals surface area contributed by atoms with Crippen LogP contribution in [-0.4, -0.2) is 31.7 Å². The largest absolute Gasteiger partial charge is 0.336 e. The molecular formula is C20H17ClFN7O. The molecule has 0 spiro atoms. The smallest absolute Gasteiger partial charge is 0.255 e. The SMILES string of the molecule is CC(C#N)NC(=O)c1ccc(-c2nc(Nc3cnn(C4CC4)c3)ncc2Cl)cc1F. The first-order valence-electron chi connectivity index (χ1n) is 9.28. The van der Waals surface area contributed by atoms with Crippen LogP contribution in [0.1, 0.15) is 36.2 Å². The van der Waals surface area contributed by atoms with Gasteiger partial charge in [-0.15, -0.1) is 0 Å². The molecule has 1 saturated carbocycles.